The number of nitrogens with two attached hydrogens (primary N) is 1. The lowest BCUT2D eigenvalue weighted by Gasteiger charge is -2.40. The quantitative estimate of drug-likeness (QED) is 0.890. The lowest BCUT2D eigenvalue weighted by atomic mass is 9.66. The Morgan fingerprint density at radius 1 is 1.28 bits per heavy atom. The van der Waals surface area contributed by atoms with E-state index in [0.29, 0.717) is 12.6 Å². The van der Waals surface area contributed by atoms with Crippen molar-refractivity contribution >= 4 is 0 Å². The van der Waals surface area contributed by atoms with Gasteiger partial charge in [0.25, 0.3) is 0 Å². The molecule has 1 aliphatic carbocycles. The minimum atomic E-state index is 0.239. The van der Waals surface area contributed by atoms with Crippen LogP contribution in [-0.4, -0.2) is 13.2 Å². The molecule has 1 fully saturated rings. The number of hydrogen-bond donors (Lipinski definition) is 1. The zero-order valence-electron chi connectivity index (χ0n) is 11.8. The van der Waals surface area contributed by atoms with Crippen molar-refractivity contribution in [3.63, 3.8) is 0 Å². The Bertz CT molecular complexity index is 375. The summed E-state index contributed by atoms with van der Waals surface area (Å²) in [6.45, 7) is 5.36. The molecule has 0 amide bonds. The molecule has 2 nitrogen and oxygen atoms in total. The SMILES string of the molecule is COCc1ccc([C@@]2(C)C[C@H](C)C[C@@H](N)C2)cc1. The molecule has 0 radical (unpaired) electrons. The number of hydrogen-bond acceptors (Lipinski definition) is 2. The number of methoxy groups -OCH3 is 1. The van der Waals surface area contributed by atoms with Gasteiger partial charge >= 0.3 is 0 Å². The maximum atomic E-state index is 6.20. The van der Waals surface area contributed by atoms with Gasteiger partial charge in [-0.25, -0.2) is 0 Å². The molecule has 1 saturated carbocycles. The Balaban J connectivity index is 2.18. The van der Waals surface area contributed by atoms with Crippen LogP contribution in [0.2, 0.25) is 0 Å². The van der Waals surface area contributed by atoms with Gasteiger partial charge in [0, 0.05) is 13.2 Å². The summed E-state index contributed by atoms with van der Waals surface area (Å²) in [7, 11) is 1.73. The van der Waals surface area contributed by atoms with Crippen LogP contribution in [-0.2, 0) is 16.8 Å². The molecule has 0 unspecified atom stereocenters. The number of benzene rings is 1. The van der Waals surface area contributed by atoms with Gasteiger partial charge in [-0.2, -0.15) is 0 Å². The monoisotopic (exact) mass is 247 g/mol. The summed E-state index contributed by atoms with van der Waals surface area (Å²) >= 11 is 0. The van der Waals surface area contributed by atoms with Gasteiger partial charge in [-0.05, 0) is 41.7 Å². The molecule has 1 aromatic carbocycles. The molecular weight excluding hydrogens is 222 g/mol. The normalized spacial score (nSPS) is 32.4. The van der Waals surface area contributed by atoms with Crippen LogP contribution < -0.4 is 5.73 Å². The Hall–Kier alpha value is -0.860. The molecule has 2 rings (SSSR count). The van der Waals surface area contributed by atoms with Crippen molar-refractivity contribution in [3.8, 4) is 0 Å². The Morgan fingerprint density at radius 3 is 2.50 bits per heavy atom. The minimum Gasteiger partial charge on any atom is -0.380 e. The van der Waals surface area contributed by atoms with Crippen molar-refractivity contribution < 1.29 is 4.74 Å². The number of rotatable bonds is 3. The Kier molecular flexibility index (Phi) is 4.08. The van der Waals surface area contributed by atoms with Crippen LogP contribution in [0.25, 0.3) is 0 Å². The van der Waals surface area contributed by atoms with Gasteiger partial charge in [0.1, 0.15) is 0 Å². The summed E-state index contributed by atoms with van der Waals surface area (Å²) in [6, 6.07) is 9.19. The highest BCUT2D eigenvalue weighted by molar-refractivity contribution is 5.29. The first kappa shape index (κ1) is 13.6. The molecule has 0 saturated heterocycles. The fourth-order valence-electron chi connectivity index (χ4n) is 3.52. The molecule has 100 valence electrons. The first-order chi connectivity index (χ1) is 8.53. The van der Waals surface area contributed by atoms with Crippen LogP contribution in [0.15, 0.2) is 24.3 Å². The summed E-state index contributed by atoms with van der Waals surface area (Å²) in [5, 5.41) is 0. The van der Waals surface area contributed by atoms with Gasteiger partial charge in [-0.1, -0.05) is 38.1 Å². The highest BCUT2D eigenvalue weighted by Crippen LogP contribution is 2.41. The first-order valence-electron chi connectivity index (χ1n) is 6.87. The van der Waals surface area contributed by atoms with E-state index in [1.54, 1.807) is 7.11 Å². The molecular formula is C16H25NO. The van der Waals surface area contributed by atoms with Crippen LogP contribution in [0, 0.1) is 5.92 Å². The minimum absolute atomic E-state index is 0.239. The zero-order valence-corrected chi connectivity index (χ0v) is 11.8. The van der Waals surface area contributed by atoms with Gasteiger partial charge in [0.15, 0.2) is 0 Å². The molecule has 2 N–H and O–H groups in total. The average Bonchev–Trinajstić information content (AvgIpc) is 2.28. The third kappa shape index (κ3) is 2.93. The predicted octanol–water partition coefficient (Wildman–Crippen LogP) is 3.24. The van der Waals surface area contributed by atoms with Crippen LogP contribution in [0.5, 0.6) is 0 Å². The summed E-state index contributed by atoms with van der Waals surface area (Å²) < 4.78 is 5.15. The van der Waals surface area contributed by atoms with Crippen molar-refractivity contribution in [2.45, 2.75) is 51.2 Å². The van der Waals surface area contributed by atoms with E-state index >= 15 is 0 Å². The molecule has 2 heteroatoms. The van der Waals surface area contributed by atoms with Crippen molar-refractivity contribution in [2.75, 3.05) is 7.11 Å². The molecule has 0 heterocycles. The topological polar surface area (TPSA) is 35.2 Å². The van der Waals surface area contributed by atoms with E-state index in [2.05, 4.69) is 38.1 Å². The number of ether oxygens (including phenoxy) is 1. The Labute approximate surface area is 111 Å². The second kappa shape index (κ2) is 5.41. The van der Waals surface area contributed by atoms with E-state index in [1.807, 2.05) is 0 Å². The third-order valence-corrected chi connectivity index (χ3v) is 4.18. The molecule has 0 aromatic heterocycles. The van der Waals surface area contributed by atoms with Crippen LogP contribution in [0.3, 0.4) is 0 Å². The fraction of sp³-hybridized carbons (Fsp3) is 0.625. The van der Waals surface area contributed by atoms with Crippen LogP contribution in [0.4, 0.5) is 0 Å². The summed E-state index contributed by atoms with van der Waals surface area (Å²) in [5.74, 6) is 0.720. The third-order valence-electron chi connectivity index (χ3n) is 4.18. The van der Waals surface area contributed by atoms with Gasteiger partial charge in [0.2, 0.25) is 0 Å². The lowest BCUT2D eigenvalue weighted by molar-refractivity contribution is 0.184. The molecule has 0 bridgehead atoms. The van der Waals surface area contributed by atoms with Crippen molar-refractivity contribution in [1.29, 1.82) is 0 Å². The summed E-state index contributed by atoms with van der Waals surface area (Å²) in [4.78, 5) is 0. The predicted molar refractivity (Wildman–Crippen MR) is 75.5 cm³/mol. The van der Waals surface area contributed by atoms with Gasteiger partial charge in [0.05, 0.1) is 6.61 Å². The smallest absolute Gasteiger partial charge is 0.0713 e. The van der Waals surface area contributed by atoms with Gasteiger partial charge < -0.3 is 10.5 Å². The van der Waals surface area contributed by atoms with E-state index < -0.39 is 0 Å². The second-order valence-corrected chi connectivity index (χ2v) is 6.20. The molecule has 1 aromatic rings. The fourth-order valence-corrected chi connectivity index (χ4v) is 3.52. The van der Waals surface area contributed by atoms with E-state index in [1.165, 1.54) is 17.5 Å². The molecule has 1 aliphatic rings. The van der Waals surface area contributed by atoms with E-state index in [4.69, 9.17) is 10.5 Å². The first-order valence-corrected chi connectivity index (χ1v) is 6.87. The largest absolute Gasteiger partial charge is 0.380 e. The summed E-state index contributed by atoms with van der Waals surface area (Å²) in [6.07, 6.45) is 3.50. The molecule has 18 heavy (non-hydrogen) atoms. The van der Waals surface area contributed by atoms with Crippen LogP contribution >= 0.6 is 0 Å². The average molecular weight is 247 g/mol. The van der Waals surface area contributed by atoms with Crippen molar-refractivity contribution in [1.82, 2.24) is 0 Å². The van der Waals surface area contributed by atoms with E-state index in [0.717, 1.165) is 18.8 Å². The maximum absolute atomic E-state index is 6.20. The maximum Gasteiger partial charge on any atom is 0.0713 e. The molecule has 0 spiro atoms. The standard InChI is InChI=1S/C16H25NO/c1-12-8-15(17)10-16(2,9-12)14-6-4-13(5-7-14)11-18-3/h4-7,12,15H,8-11,17H2,1-3H3/t12-,15-,16+/m1/s1. The highest BCUT2D eigenvalue weighted by atomic mass is 16.5. The van der Waals surface area contributed by atoms with Gasteiger partial charge in [-0.15, -0.1) is 0 Å². The van der Waals surface area contributed by atoms with Crippen molar-refractivity contribution in [2.24, 2.45) is 11.7 Å². The van der Waals surface area contributed by atoms with E-state index in [-0.39, 0.29) is 5.41 Å². The van der Waals surface area contributed by atoms with Crippen molar-refractivity contribution in [3.05, 3.63) is 35.4 Å². The second-order valence-electron chi connectivity index (χ2n) is 6.20. The Morgan fingerprint density at radius 2 is 1.94 bits per heavy atom. The zero-order chi connectivity index (χ0) is 13.2. The lowest BCUT2D eigenvalue weighted by Crippen LogP contribution is -2.40. The molecule has 0 aliphatic heterocycles. The summed E-state index contributed by atoms with van der Waals surface area (Å²) in [5.41, 5.74) is 9.09. The van der Waals surface area contributed by atoms with Crippen LogP contribution in [0.1, 0.15) is 44.2 Å². The van der Waals surface area contributed by atoms with E-state index in [9.17, 15) is 0 Å². The molecule has 3 atom stereocenters. The van der Waals surface area contributed by atoms with Gasteiger partial charge in [-0.3, -0.25) is 0 Å². The highest BCUT2D eigenvalue weighted by Gasteiger charge is 2.35.